The molecule has 0 atom stereocenters. The minimum atomic E-state index is 0.308. The summed E-state index contributed by atoms with van der Waals surface area (Å²) >= 11 is 0. The highest BCUT2D eigenvalue weighted by molar-refractivity contribution is 5.84. The molecule has 0 saturated carbocycles. The van der Waals surface area contributed by atoms with Crippen LogP contribution >= 0.6 is 0 Å². The Morgan fingerprint density at radius 3 is 2.92 bits per heavy atom. The first-order chi connectivity index (χ1) is 6.18. The van der Waals surface area contributed by atoms with Crippen LogP contribution in [0, 0.1) is 0 Å². The topological polar surface area (TPSA) is 80.5 Å². The molecule has 0 saturated heterocycles. The van der Waals surface area contributed by atoms with Gasteiger partial charge in [-0.15, -0.1) is 0 Å². The van der Waals surface area contributed by atoms with Crippen molar-refractivity contribution >= 4 is 16.9 Å². The van der Waals surface area contributed by atoms with Crippen LogP contribution in [0.1, 0.15) is 25.6 Å². The summed E-state index contributed by atoms with van der Waals surface area (Å²) in [5.41, 5.74) is 6.24. The van der Waals surface area contributed by atoms with E-state index in [1.54, 1.807) is 6.20 Å². The molecule has 68 valence electrons. The summed E-state index contributed by atoms with van der Waals surface area (Å²) in [6.45, 7) is 4.08. The summed E-state index contributed by atoms with van der Waals surface area (Å²) in [7, 11) is 0. The maximum Gasteiger partial charge on any atom is 0.186 e. The Morgan fingerprint density at radius 2 is 2.23 bits per heavy atom. The molecule has 2 aromatic rings. The van der Waals surface area contributed by atoms with Crippen LogP contribution in [0.4, 0.5) is 5.82 Å². The molecule has 0 spiro atoms. The van der Waals surface area contributed by atoms with Crippen molar-refractivity contribution in [2.75, 3.05) is 5.73 Å². The van der Waals surface area contributed by atoms with Crippen LogP contribution in [0.15, 0.2) is 6.20 Å². The van der Waals surface area contributed by atoms with Gasteiger partial charge in [-0.2, -0.15) is 5.10 Å². The Labute approximate surface area is 75.4 Å². The lowest BCUT2D eigenvalue weighted by Gasteiger charge is -2.00. The Bertz CT molecular complexity index is 431. The van der Waals surface area contributed by atoms with Crippen LogP contribution in [0.2, 0.25) is 0 Å². The highest BCUT2D eigenvalue weighted by Gasteiger charge is 2.07. The predicted molar refractivity (Wildman–Crippen MR) is 50.2 cm³/mol. The lowest BCUT2D eigenvalue weighted by molar-refractivity contribution is 0.780. The van der Waals surface area contributed by atoms with Gasteiger partial charge in [0.25, 0.3) is 0 Å². The molecule has 2 heterocycles. The summed E-state index contributed by atoms with van der Waals surface area (Å²) in [6, 6.07) is 0. The van der Waals surface area contributed by atoms with Crippen molar-refractivity contribution in [2.45, 2.75) is 19.8 Å². The van der Waals surface area contributed by atoms with Gasteiger partial charge in [0.1, 0.15) is 11.6 Å². The highest BCUT2D eigenvalue weighted by atomic mass is 15.2. The Hall–Kier alpha value is -1.65. The Balaban J connectivity index is 2.63. The van der Waals surface area contributed by atoms with Crippen LogP contribution in [-0.2, 0) is 0 Å². The summed E-state index contributed by atoms with van der Waals surface area (Å²) in [4.78, 5) is 8.45. The molecule has 0 unspecified atom stereocenters. The highest BCUT2D eigenvalue weighted by Crippen LogP contribution is 2.16. The van der Waals surface area contributed by atoms with E-state index in [1.807, 2.05) is 13.8 Å². The molecular weight excluding hydrogens is 166 g/mol. The number of hydrogen-bond acceptors (Lipinski definition) is 4. The number of fused-ring (bicyclic) bond motifs is 1. The van der Waals surface area contributed by atoms with Crippen molar-refractivity contribution in [1.29, 1.82) is 0 Å². The molecule has 0 aliphatic carbocycles. The average molecular weight is 177 g/mol. The minimum absolute atomic E-state index is 0.308. The van der Waals surface area contributed by atoms with Crippen molar-refractivity contribution in [1.82, 2.24) is 20.2 Å². The molecule has 2 aromatic heterocycles. The standard InChI is InChI=1S/C8H11N5/c1-4(2)7-10-3-5-6(9)12-13-8(5)11-7/h3-4H,1-2H3,(H3,9,10,11,12,13). The number of nitrogen functional groups attached to an aromatic ring is 1. The van der Waals surface area contributed by atoms with Gasteiger partial charge < -0.3 is 5.73 Å². The van der Waals surface area contributed by atoms with Crippen LogP contribution in [0.5, 0.6) is 0 Å². The second-order valence-electron chi connectivity index (χ2n) is 3.26. The van der Waals surface area contributed by atoms with Gasteiger partial charge in [-0.3, -0.25) is 5.10 Å². The number of nitrogens with one attached hydrogen (secondary N) is 1. The molecule has 13 heavy (non-hydrogen) atoms. The fraction of sp³-hybridized carbons (Fsp3) is 0.375. The largest absolute Gasteiger partial charge is 0.383 e. The van der Waals surface area contributed by atoms with E-state index in [-0.39, 0.29) is 0 Å². The minimum Gasteiger partial charge on any atom is -0.383 e. The molecule has 0 fully saturated rings. The van der Waals surface area contributed by atoms with E-state index in [2.05, 4.69) is 20.2 Å². The first-order valence-corrected chi connectivity index (χ1v) is 4.15. The molecule has 0 aliphatic rings. The maximum absolute atomic E-state index is 5.60. The third kappa shape index (κ3) is 1.22. The lowest BCUT2D eigenvalue weighted by atomic mass is 10.2. The van der Waals surface area contributed by atoms with Gasteiger partial charge in [-0.1, -0.05) is 13.8 Å². The number of hydrogen-bond donors (Lipinski definition) is 2. The summed E-state index contributed by atoms with van der Waals surface area (Å²) in [6.07, 6.45) is 1.70. The van der Waals surface area contributed by atoms with E-state index < -0.39 is 0 Å². The van der Waals surface area contributed by atoms with E-state index in [4.69, 9.17) is 5.73 Å². The molecule has 0 amide bonds. The van der Waals surface area contributed by atoms with Crippen molar-refractivity contribution in [3.05, 3.63) is 12.0 Å². The molecule has 0 radical (unpaired) electrons. The first-order valence-electron chi connectivity index (χ1n) is 4.15. The van der Waals surface area contributed by atoms with Gasteiger partial charge >= 0.3 is 0 Å². The molecule has 5 heteroatoms. The van der Waals surface area contributed by atoms with Gasteiger partial charge in [-0.25, -0.2) is 9.97 Å². The molecule has 0 aliphatic heterocycles. The summed E-state index contributed by atoms with van der Waals surface area (Å²) in [5.74, 6) is 1.62. The fourth-order valence-corrected chi connectivity index (χ4v) is 1.11. The quantitative estimate of drug-likeness (QED) is 0.682. The number of aromatic nitrogens is 4. The van der Waals surface area contributed by atoms with Crippen LogP contribution in [0.25, 0.3) is 11.0 Å². The van der Waals surface area contributed by atoms with Gasteiger partial charge in [0.05, 0.1) is 5.39 Å². The van der Waals surface area contributed by atoms with Gasteiger partial charge in [0.15, 0.2) is 5.65 Å². The molecule has 5 nitrogen and oxygen atoms in total. The molecule has 2 rings (SSSR count). The lowest BCUT2D eigenvalue weighted by Crippen LogP contribution is -1.96. The monoisotopic (exact) mass is 177 g/mol. The zero-order chi connectivity index (χ0) is 9.42. The number of rotatable bonds is 1. The average Bonchev–Trinajstić information content (AvgIpc) is 2.47. The number of aromatic amines is 1. The fourth-order valence-electron chi connectivity index (χ4n) is 1.11. The number of anilines is 1. The van der Waals surface area contributed by atoms with E-state index in [0.29, 0.717) is 17.4 Å². The van der Waals surface area contributed by atoms with E-state index >= 15 is 0 Å². The zero-order valence-electron chi connectivity index (χ0n) is 7.57. The third-order valence-corrected chi connectivity index (χ3v) is 1.88. The number of nitrogens with zero attached hydrogens (tertiary/aromatic N) is 3. The Kier molecular flexibility index (Phi) is 1.65. The molecular formula is C8H11N5. The smallest absolute Gasteiger partial charge is 0.186 e. The normalized spacial score (nSPS) is 11.3. The number of nitrogens with two attached hydrogens (primary N) is 1. The van der Waals surface area contributed by atoms with Gasteiger partial charge in [-0.05, 0) is 0 Å². The SMILES string of the molecule is CC(C)c1ncc2c(N)[nH]nc2n1. The van der Waals surface area contributed by atoms with Gasteiger partial charge in [0.2, 0.25) is 0 Å². The summed E-state index contributed by atoms with van der Waals surface area (Å²) < 4.78 is 0. The van der Waals surface area contributed by atoms with Crippen molar-refractivity contribution in [2.24, 2.45) is 0 Å². The van der Waals surface area contributed by atoms with E-state index in [9.17, 15) is 0 Å². The van der Waals surface area contributed by atoms with Crippen molar-refractivity contribution in [3.8, 4) is 0 Å². The van der Waals surface area contributed by atoms with Crippen molar-refractivity contribution < 1.29 is 0 Å². The molecule has 3 N–H and O–H groups in total. The number of H-pyrrole nitrogens is 1. The second-order valence-corrected chi connectivity index (χ2v) is 3.26. The van der Waals surface area contributed by atoms with E-state index in [0.717, 1.165) is 11.2 Å². The van der Waals surface area contributed by atoms with Crippen molar-refractivity contribution in [3.63, 3.8) is 0 Å². The van der Waals surface area contributed by atoms with Crippen LogP contribution < -0.4 is 5.73 Å². The molecule has 0 aromatic carbocycles. The van der Waals surface area contributed by atoms with Crippen LogP contribution in [-0.4, -0.2) is 20.2 Å². The second kappa shape index (κ2) is 2.69. The van der Waals surface area contributed by atoms with Crippen LogP contribution in [0.3, 0.4) is 0 Å². The first kappa shape index (κ1) is 7.97. The predicted octanol–water partition coefficient (Wildman–Crippen LogP) is 1.06. The zero-order valence-corrected chi connectivity index (χ0v) is 7.57. The molecule has 0 bridgehead atoms. The maximum atomic E-state index is 5.60. The summed E-state index contributed by atoms with van der Waals surface area (Å²) in [5, 5.41) is 7.41. The third-order valence-electron chi connectivity index (χ3n) is 1.88. The van der Waals surface area contributed by atoms with E-state index in [1.165, 1.54) is 0 Å². The Morgan fingerprint density at radius 1 is 1.46 bits per heavy atom. The van der Waals surface area contributed by atoms with Gasteiger partial charge in [0, 0.05) is 12.1 Å².